The molecule has 0 spiro atoms. The van der Waals surface area contributed by atoms with E-state index in [0.29, 0.717) is 37.7 Å². The van der Waals surface area contributed by atoms with Crippen molar-refractivity contribution >= 4 is 46.1 Å². The third kappa shape index (κ3) is 4.24. The molecule has 3 heterocycles. The second-order valence-corrected chi connectivity index (χ2v) is 8.46. The predicted molar refractivity (Wildman–Crippen MR) is 127 cm³/mol. The summed E-state index contributed by atoms with van der Waals surface area (Å²) in [6.07, 6.45) is 0. The number of benzene rings is 2. The van der Waals surface area contributed by atoms with Crippen molar-refractivity contribution in [1.82, 2.24) is 23.6 Å². The number of nitrogens with zero attached hydrogens (tertiary/aromatic N) is 6. The number of fused-ring (bicyclic) bond motifs is 1. The van der Waals surface area contributed by atoms with Gasteiger partial charge in [-0.15, -0.1) is 0 Å². The van der Waals surface area contributed by atoms with Crippen LogP contribution in [0.4, 0.5) is 17.5 Å². The molecule has 2 aromatic carbocycles. The second kappa shape index (κ2) is 8.51. The monoisotopic (exact) mass is 445 g/mol. The van der Waals surface area contributed by atoms with Crippen LogP contribution in [0.2, 0.25) is 0 Å². The topological polar surface area (TPSA) is 87.1 Å². The summed E-state index contributed by atoms with van der Waals surface area (Å²) in [4.78, 5) is 26.3. The van der Waals surface area contributed by atoms with Crippen LogP contribution in [-0.4, -0.2) is 55.7 Å². The molecule has 0 aliphatic carbocycles. The van der Waals surface area contributed by atoms with E-state index in [-0.39, 0.29) is 5.91 Å². The largest absolute Gasteiger partial charge is 0.340 e. The molecule has 8 nitrogen and oxygen atoms in total. The first-order valence-electron chi connectivity index (χ1n) is 10.5. The molecule has 0 saturated carbocycles. The van der Waals surface area contributed by atoms with E-state index in [1.165, 1.54) is 5.56 Å². The lowest BCUT2D eigenvalue weighted by atomic mass is 10.1. The minimum absolute atomic E-state index is 0.0198. The number of aromatic nitrogens is 4. The Bertz CT molecular complexity index is 1260. The van der Waals surface area contributed by atoms with Crippen molar-refractivity contribution in [1.29, 1.82) is 0 Å². The number of rotatable bonds is 4. The Kier molecular flexibility index (Phi) is 5.40. The summed E-state index contributed by atoms with van der Waals surface area (Å²) < 4.78 is 8.44. The number of anilines is 3. The molecule has 2 aromatic heterocycles. The zero-order valence-corrected chi connectivity index (χ0v) is 18.8. The lowest BCUT2D eigenvalue weighted by Gasteiger charge is -2.35. The number of hydrogen-bond acceptors (Lipinski definition) is 8. The second-order valence-electron chi connectivity index (χ2n) is 7.93. The quantitative estimate of drug-likeness (QED) is 0.511. The molecule has 1 saturated heterocycles. The Labute approximate surface area is 190 Å². The van der Waals surface area contributed by atoms with E-state index in [4.69, 9.17) is 4.98 Å². The molecule has 162 valence electrons. The van der Waals surface area contributed by atoms with Gasteiger partial charge in [-0.3, -0.25) is 4.79 Å². The highest BCUT2D eigenvalue weighted by atomic mass is 32.1. The summed E-state index contributed by atoms with van der Waals surface area (Å²) in [7, 11) is 0. The van der Waals surface area contributed by atoms with Gasteiger partial charge in [0.15, 0.2) is 0 Å². The first-order chi connectivity index (χ1) is 15.5. The highest BCUT2D eigenvalue weighted by molar-refractivity contribution is 7.00. The summed E-state index contributed by atoms with van der Waals surface area (Å²) in [6, 6.07) is 15.6. The zero-order chi connectivity index (χ0) is 22.1. The Morgan fingerprint density at radius 3 is 2.44 bits per heavy atom. The Hall–Kier alpha value is -3.59. The Morgan fingerprint density at radius 2 is 1.66 bits per heavy atom. The van der Waals surface area contributed by atoms with E-state index in [0.717, 1.165) is 40.0 Å². The number of piperazine rings is 1. The number of carbonyl (C=O) groups excluding carboxylic acids is 1. The molecular formula is C23H23N7OS. The van der Waals surface area contributed by atoms with Crippen LogP contribution < -0.4 is 10.2 Å². The molecule has 1 amide bonds. The number of carbonyl (C=O) groups is 1. The van der Waals surface area contributed by atoms with Crippen molar-refractivity contribution in [3.05, 3.63) is 65.4 Å². The van der Waals surface area contributed by atoms with Gasteiger partial charge in [0.2, 0.25) is 5.95 Å². The smallest absolute Gasteiger partial charge is 0.254 e. The fourth-order valence-electron chi connectivity index (χ4n) is 3.75. The summed E-state index contributed by atoms with van der Waals surface area (Å²) in [5.74, 6) is 1.47. The number of nitrogens with one attached hydrogen (secondary N) is 1. The molecule has 1 fully saturated rings. The van der Waals surface area contributed by atoms with E-state index in [9.17, 15) is 4.79 Å². The lowest BCUT2D eigenvalue weighted by Crippen LogP contribution is -2.49. The van der Waals surface area contributed by atoms with Crippen LogP contribution in [0.25, 0.3) is 11.0 Å². The first kappa shape index (κ1) is 20.3. The van der Waals surface area contributed by atoms with E-state index in [2.05, 4.69) is 43.0 Å². The molecule has 1 aliphatic heterocycles. The van der Waals surface area contributed by atoms with E-state index >= 15 is 0 Å². The van der Waals surface area contributed by atoms with Gasteiger partial charge in [0, 0.05) is 49.2 Å². The van der Waals surface area contributed by atoms with Gasteiger partial charge >= 0.3 is 0 Å². The number of hydrogen-bond donors (Lipinski definition) is 1. The first-order valence-corrected chi connectivity index (χ1v) is 11.2. The van der Waals surface area contributed by atoms with Gasteiger partial charge in [-0.2, -0.15) is 13.7 Å². The standard InChI is InChI=1S/C23H23N7OS/c1-15-3-6-18(7-4-15)25-21-13-16(2)24-23(26-21)30-11-9-29(10-12-30)22(31)17-5-8-19-20(14-17)28-32-27-19/h3-8,13-14H,9-12H2,1-2H3,(H,24,25,26). The minimum atomic E-state index is 0.0198. The highest BCUT2D eigenvalue weighted by Crippen LogP contribution is 2.21. The summed E-state index contributed by atoms with van der Waals surface area (Å²) >= 11 is 1.16. The van der Waals surface area contributed by atoms with Crippen LogP contribution in [0.3, 0.4) is 0 Å². The molecular weight excluding hydrogens is 422 g/mol. The average Bonchev–Trinajstić information content (AvgIpc) is 3.28. The maximum atomic E-state index is 13.0. The predicted octanol–water partition coefficient (Wildman–Crippen LogP) is 3.80. The van der Waals surface area contributed by atoms with Gasteiger partial charge in [-0.25, -0.2) is 4.98 Å². The lowest BCUT2D eigenvalue weighted by molar-refractivity contribution is 0.0746. The normalized spacial score (nSPS) is 14.1. The maximum Gasteiger partial charge on any atom is 0.254 e. The van der Waals surface area contributed by atoms with E-state index in [1.54, 1.807) is 0 Å². The van der Waals surface area contributed by atoms with Crippen LogP contribution >= 0.6 is 11.7 Å². The van der Waals surface area contributed by atoms with Gasteiger partial charge < -0.3 is 15.1 Å². The van der Waals surface area contributed by atoms with Gasteiger partial charge in [-0.1, -0.05) is 17.7 Å². The molecule has 0 atom stereocenters. The molecule has 1 aliphatic rings. The van der Waals surface area contributed by atoms with Crippen molar-refractivity contribution < 1.29 is 4.79 Å². The Morgan fingerprint density at radius 1 is 0.906 bits per heavy atom. The van der Waals surface area contributed by atoms with Crippen molar-refractivity contribution in [3.63, 3.8) is 0 Å². The molecule has 4 aromatic rings. The minimum Gasteiger partial charge on any atom is -0.340 e. The van der Waals surface area contributed by atoms with Crippen molar-refractivity contribution in [2.45, 2.75) is 13.8 Å². The third-order valence-electron chi connectivity index (χ3n) is 5.52. The third-order valence-corrected chi connectivity index (χ3v) is 6.07. The van der Waals surface area contributed by atoms with Crippen molar-refractivity contribution in [2.75, 3.05) is 36.4 Å². The van der Waals surface area contributed by atoms with Crippen LogP contribution in [-0.2, 0) is 0 Å². The van der Waals surface area contributed by atoms with Gasteiger partial charge in [0.1, 0.15) is 16.9 Å². The zero-order valence-electron chi connectivity index (χ0n) is 17.9. The molecule has 1 N–H and O–H groups in total. The maximum absolute atomic E-state index is 13.0. The fourth-order valence-corrected chi connectivity index (χ4v) is 4.27. The molecule has 0 bridgehead atoms. The van der Waals surface area contributed by atoms with E-state index in [1.807, 2.05) is 48.2 Å². The van der Waals surface area contributed by atoms with Gasteiger partial charge in [0.05, 0.1) is 11.7 Å². The molecule has 5 rings (SSSR count). The molecule has 32 heavy (non-hydrogen) atoms. The van der Waals surface area contributed by atoms with Crippen LogP contribution in [0, 0.1) is 13.8 Å². The number of amides is 1. The van der Waals surface area contributed by atoms with Crippen LogP contribution in [0.15, 0.2) is 48.5 Å². The average molecular weight is 446 g/mol. The SMILES string of the molecule is Cc1ccc(Nc2cc(C)nc(N3CCN(C(=O)c4ccc5nsnc5c4)CC3)n2)cc1. The van der Waals surface area contributed by atoms with Crippen LogP contribution in [0.5, 0.6) is 0 Å². The summed E-state index contributed by atoms with van der Waals surface area (Å²) in [5.41, 5.74) is 5.33. The van der Waals surface area contributed by atoms with Gasteiger partial charge in [0.25, 0.3) is 5.91 Å². The highest BCUT2D eigenvalue weighted by Gasteiger charge is 2.24. The number of aryl methyl sites for hydroxylation is 2. The molecule has 0 radical (unpaired) electrons. The Balaban J connectivity index is 1.26. The van der Waals surface area contributed by atoms with Crippen LogP contribution in [0.1, 0.15) is 21.6 Å². The summed E-state index contributed by atoms with van der Waals surface area (Å²) in [5, 5.41) is 3.36. The van der Waals surface area contributed by atoms with Crippen molar-refractivity contribution in [3.8, 4) is 0 Å². The fraction of sp³-hybridized carbons (Fsp3) is 0.261. The van der Waals surface area contributed by atoms with Gasteiger partial charge in [-0.05, 0) is 44.2 Å². The van der Waals surface area contributed by atoms with E-state index < -0.39 is 0 Å². The van der Waals surface area contributed by atoms with Crippen molar-refractivity contribution in [2.24, 2.45) is 0 Å². The molecule has 9 heteroatoms. The summed E-state index contributed by atoms with van der Waals surface area (Å²) in [6.45, 7) is 6.62. The molecule has 0 unspecified atom stereocenters.